The second-order valence-electron chi connectivity index (χ2n) is 7.18. The van der Waals surface area contributed by atoms with Crippen molar-refractivity contribution < 1.29 is 19.3 Å². The Hall–Kier alpha value is -3.75. The zero-order chi connectivity index (χ0) is 19.6. The number of nitro benzene ring substituents is 1. The molecule has 4 amide bonds. The van der Waals surface area contributed by atoms with Gasteiger partial charge in [-0.25, -0.2) is 4.79 Å². The van der Waals surface area contributed by atoms with Gasteiger partial charge in [-0.3, -0.25) is 30.3 Å². The van der Waals surface area contributed by atoms with Crippen molar-refractivity contribution in [2.75, 3.05) is 4.90 Å². The van der Waals surface area contributed by atoms with Crippen LogP contribution in [0.4, 0.5) is 16.2 Å². The van der Waals surface area contributed by atoms with Crippen molar-refractivity contribution >= 4 is 29.2 Å². The Bertz CT molecular complexity index is 1080. The Labute approximate surface area is 158 Å². The lowest BCUT2D eigenvalue weighted by Crippen LogP contribution is -2.67. The molecule has 3 aliphatic rings. The fourth-order valence-electron chi connectivity index (χ4n) is 4.62. The summed E-state index contributed by atoms with van der Waals surface area (Å²) in [6.45, 7) is 0.460. The van der Waals surface area contributed by atoms with Gasteiger partial charge in [0, 0.05) is 30.8 Å². The third-order valence-corrected chi connectivity index (χ3v) is 5.79. The quantitative estimate of drug-likeness (QED) is 0.441. The summed E-state index contributed by atoms with van der Waals surface area (Å²) in [5, 5.41) is 15.6. The number of benzene rings is 2. The van der Waals surface area contributed by atoms with Crippen LogP contribution in [0.25, 0.3) is 0 Å². The molecule has 0 aliphatic carbocycles. The van der Waals surface area contributed by atoms with E-state index in [0.717, 1.165) is 16.8 Å². The third kappa shape index (κ3) is 1.98. The largest absolute Gasteiger partial charge is 0.358 e. The van der Waals surface area contributed by atoms with Gasteiger partial charge in [-0.15, -0.1) is 0 Å². The summed E-state index contributed by atoms with van der Waals surface area (Å²) >= 11 is 0. The van der Waals surface area contributed by atoms with Gasteiger partial charge in [0.2, 0.25) is 11.8 Å². The van der Waals surface area contributed by atoms with E-state index in [1.807, 2.05) is 29.2 Å². The van der Waals surface area contributed by atoms with E-state index in [1.54, 1.807) is 6.07 Å². The predicted molar refractivity (Wildman–Crippen MR) is 96.3 cm³/mol. The van der Waals surface area contributed by atoms with Crippen molar-refractivity contribution in [3.05, 3.63) is 69.3 Å². The molecule has 9 heteroatoms. The van der Waals surface area contributed by atoms with Gasteiger partial charge in [-0.2, -0.15) is 0 Å². The average Bonchev–Trinajstić information content (AvgIpc) is 3.05. The topological polar surface area (TPSA) is 122 Å². The third-order valence-electron chi connectivity index (χ3n) is 5.79. The number of nitrogens with one attached hydrogen (secondary N) is 2. The highest BCUT2D eigenvalue weighted by Gasteiger charge is 2.62. The Morgan fingerprint density at radius 3 is 2.46 bits per heavy atom. The second-order valence-corrected chi connectivity index (χ2v) is 7.18. The number of fused-ring (bicyclic) bond motifs is 6. The smallest absolute Gasteiger partial charge is 0.328 e. The lowest BCUT2D eigenvalue weighted by Gasteiger charge is -2.47. The number of carbonyl (C=O) groups is 3. The zero-order valence-corrected chi connectivity index (χ0v) is 14.5. The summed E-state index contributed by atoms with van der Waals surface area (Å²) in [4.78, 5) is 50.3. The van der Waals surface area contributed by atoms with Gasteiger partial charge in [0.25, 0.3) is 5.69 Å². The lowest BCUT2D eigenvalue weighted by atomic mass is 9.67. The molecule has 2 aromatic rings. The minimum absolute atomic E-state index is 0.0372. The number of hydrogen-bond acceptors (Lipinski definition) is 6. The molecule has 2 N–H and O–H groups in total. The standard InChI is InChI=1S/C19H14N4O5/c24-16-19(17(25)21-18(26)20-16)8-11-7-12(23(27)28)5-6-14(11)22-9-10-3-1-2-4-13(10)15(19)22/h1-7,15H,8-9H2,(H2,20,21,24,25,26)/t15-/m1/s1. The fraction of sp³-hybridized carbons (Fsp3) is 0.211. The number of imide groups is 2. The number of barbiturate groups is 1. The molecule has 0 radical (unpaired) electrons. The number of hydrogen-bond donors (Lipinski definition) is 2. The number of non-ortho nitro benzene ring substituents is 1. The van der Waals surface area contributed by atoms with E-state index in [9.17, 15) is 24.5 Å². The van der Waals surface area contributed by atoms with Crippen LogP contribution in [0.5, 0.6) is 0 Å². The van der Waals surface area contributed by atoms with Crippen LogP contribution in [0.3, 0.4) is 0 Å². The highest BCUT2D eigenvalue weighted by atomic mass is 16.6. The second kappa shape index (κ2) is 5.38. The number of amides is 4. The maximum atomic E-state index is 13.0. The van der Waals surface area contributed by atoms with Gasteiger partial charge in [0.05, 0.1) is 11.0 Å². The van der Waals surface area contributed by atoms with E-state index in [1.165, 1.54) is 12.1 Å². The first kappa shape index (κ1) is 16.4. The van der Waals surface area contributed by atoms with Gasteiger partial charge in [0.15, 0.2) is 5.41 Å². The molecule has 0 saturated carbocycles. The van der Waals surface area contributed by atoms with Crippen LogP contribution in [-0.4, -0.2) is 22.8 Å². The van der Waals surface area contributed by atoms with Gasteiger partial charge in [-0.05, 0) is 22.8 Å². The fourth-order valence-corrected chi connectivity index (χ4v) is 4.62. The number of carbonyl (C=O) groups excluding carboxylic acids is 3. The Kier molecular flexibility index (Phi) is 3.16. The highest BCUT2D eigenvalue weighted by molar-refractivity contribution is 6.20. The minimum Gasteiger partial charge on any atom is -0.358 e. The van der Waals surface area contributed by atoms with Crippen LogP contribution in [0.1, 0.15) is 22.7 Å². The Balaban J connectivity index is 1.76. The van der Waals surface area contributed by atoms with Gasteiger partial charge < -0.3 is 4.90 Å². The van der Waals surface area contributed by atoms with Crippen LogP contribution in [-0.2, 0) is 22.6 Å². The highest BCUT2D eigenvalue weighted by Crippen LogP contribution is 2.55. The summed E-state index contributed by atoms with van der Waals surface area (Å²) in [5.74, 6) is -1.38. The summed E-state index contributed by atoms with van der Waals surface area (Å²) in [6, 6.07) is 10.5. The van der Waals surface area contributed by atoms with Crippen LogP contribution < -0.4 is 15.5 Å². The molecule has 1 spiro atoms. The van der Waals surface area contributed by atoms with Gasteiger partial charge in [0.1, 0.15) is 0 Å². The van der Waals surface area contributed by atoms with E-state index in [4.69, 9.17) is 0 Å². The molecule has 1 atom stereocenters. The lowest BCUT2D eigenvalue weighted by molar-refractivity contribution is -0.384. The summed E-state index contributed by atoms with van der Waals surface area (Å²) < 4.78 is 0. The van der Waals surface area contributed by atoms with Crippen LogP contribution in [0.2, 0.25) is 0 Å². The molecule has 3 heterocycles. The molecular weight excluding hydrogens is 364 g/mol. The van der Waals surface area contributed by atoms with Crippen LogP contribution in [0, 0.1) is 15.5 Å². The van der Waals surface area contributed by atoms with Crippen molar-refractivity contribution in [2.45, 2.75) is 19.0 Å². The minimum atomic E-state index is -1.59. The number of rotatable bonds is 1. The van der Waals surface area contributed by atoms with E-state index in [2.05, 4.69) is 10.6 Å². The Morgan fingerprint density at radius 2 is 1.75 bits per heavy atom. The molecule has 3 aliphatic heterocycles. The Morgan fingerprint density at radius 1 is 1.04 bits per heavy atom. The molecule has 1 saturated heterocycles. The monoisotopic (exact) mass is 378 g/mol. The molecule has 28 heavy (non-hydrogen) atoms. The molecule has 0 aromatic heterocycles. The number of urea groups is 1. The first-order chi connectivity index (χ1) is 13.4. The van der Waals surface area contributed by atoms with Crippen molar-refractivity contribution in [1.29, 1.82) is 0 Å². The van der Waals surface area contributed by atoms with Crippen molar-refractivity contribution in [3.8, 4) is 0 Å². The molecule has 5 rings (SSSR count). The molecule has 9 nitrogen and oxygen atoms in total. The summed E-state index contributed by atoms with van der Waals surface area (Å²) in [5.41, 5.74) is 1.37. The van der Waals surface area contributed by atoms with Crippen molar-refractivity contribution in [1.82, 2.24) is 10.6 Å². The van der Waals surface area contributed by atoms with Crippen LogP contribution >= 0.6 is 0 Å². The first-order valence-electron chi connectivity index (χ1n) is 8.70. The van der Waals surface area contributed by atoms with Gasteiger partial charge >= 0.3 is 6.03 Å². The van der Waals surface area contributed by atoms with Gasteiger partial charge in [-0.1, -0.05) is 24.3 Å². The van der Waals surface area contributed by atoms with Crippen LogP contribution in [0.15, 0.2) is 42.5 Å². The molecule has 2 aromatic carbocycles. The predicted octanol–water partition coefficient (Wildman–Crippen LogP) is 1.56. The van der Waals surface area contributed by atoms with E-state index >= 15 is 0 Å². The maximum Gasteiger partial charge on any atom is 0.328 e. The number of anilines is 1. The summed E-state index contributed by atoms with van der Waals surface area (Å²) in [7, 11) is 0. The van der Waals surface area contributed by atoms with Crippen molar-refractivity contribution in [3.63, 3.8) is 0 Å². The molecule has 1 fully saturated rings. The van der Waals surface area contributed by atoms with E-state index < -0.39 is 34.2 Å². The molecule has 0 bridgehead atoms. The first-order valence-corrected chi connectivity index (χ1v) is 8.70. The maximum absolute atomic E-state index is 13.0. The molecular formula is C19H14N4O5. The van der Waals surface area contributed by atoms with E-state index in [-0.39, 0.29) is 12.1 Å². The molecule has 0 unspecified atom stereocenters. The number of nitrogens with zero attached hydrogens (tertiary/aromatic N) is 2. The average molecular weight is 378 g/mol. The van der Waals surface area contributed by atoms with E-state index in [0.29, 0.717) is 12.1 Å². The summed E-state index contributed by atoms with van der Waals surface area (Å²) in [6.07, 6.45) is -0.0372. The normalized spacial score (nSPS) is 21.5. The van der Waals surface area contributed by atoms with Crippen molar-refractivity contribution in [2.24, 2.45) is 5.41 Å². The molecule has 140 valence electrons. The SMILES string of the molecule is O=C1NC(=O)C2(Cc3cc([N+](=O)[O-])ccc3N3Cc4ccccc4[C@@H]32)C(=O)N1. The zero-order valence-electron chi connectivity index (χ0n) is 14.5. The number of nitro groups is 1.